The summed E-state index contributed by atoms with van der Waals surface area (Å²) in [5.74, 6) is 0.0340. The maximum Gasteiger partial charge on any atom is 0.187 e. The molecule has 1 spiro atoms. The number of aliphatic hydroxyl groups is 10. The summed E-state index contributed by atoms with van der Waals surface area (Å²) in [6, 6.07) is 0. The van der Waals surface area contributed by atoms with Gasteiger partial charge in [-0.1, -0.05) is 39.3 Å². The number of allylic oxidation sites excluding steroid dienone is 1. The average Bonchev–Trinajstić information content (AvgIpc) is 3.64. The van der Waals surface area contributed by atoms with Crippen LogP contribution in [-0.2, 0) is 42.6 Å². The molecule has 3 saturated carbocycles. The minimum atomic E-state index is -1.84. The van der Waals surface area contributed by atoms with E-state index >= 15 is 0 Å². The first-order valence-electron chi connectivity index (χ1n) is 24.0. The minimum Gasteiger partial charge on any atom is -0.394 e. The van der Waals surface area contributed by atoms with Crippen LogP contribution in [0.15, 0.2) is 11.6 Å². The molecule has 10 N–H and O–H groups in total. The Morgan fingerprint density at radius 1 is 0.662 bits per heavy atom. The van der Waals surface area contributed by atoms with Gasteiger partial charge in [0.15, 0.2) is 30.9 Å². The highest BCUT2D eigenvalue weighted by atomic mass is 16.8. The molecular formula is C46H74O19. The number of hydrogen-bond acceptors (Lipinski definition) is 19. The third-order valence-electron chi connectivity index (χ3n) is 18.3. The molecule has 4 aliphatic carbocycles. The number of rotatable bonds is 9. The normalized spacial score (nSPS) is 57.8. The van der Waals surface area contributed by atoms with Gasteiger partial charge < -0.3 is 93.7 Å². The largest absolute Gasteiger partial charge is 0.394 e. The molecule has 9 rings (SSSR count). The third kappa shape index (κ3) is 7.65. The van der Waals surface area contributed by atoms with Gasteiger partial charge in [0.1, 0.15) is 72.7 Å². The van der Waals surface area contributed by atoms with E-state index in [0.29, 0.717) is 31.1 Å². The molecule has 19 nitrogen and oxygen atoms in total. The fourth-order valence-corrected chi connectivity index (χ4v) is 14.3. The van der Waals surface area contributed by atoms with Crippen molar-refractivity contribution in [1.29, 1.82) is 0 Å². The van der Waals surface area contributed by atoms with E-state index in [9.17, 15) is 51.1 Å². The maximum atomic E-state index is 12.9. The van der Waals surface area contributed by atoms with Crippen molar-refractivity contribution in [3.05, 3.63) is 11.6 Å². The second kappa shape index (κ2) is 18.0. The van der Waals surface area contributed by atoms with Crippen molar-refractivity contribution >= 4 is 0 Å². The summed E-state index contributed by atoms with van der Waals surface area (Å²) in [4.78, 5) is 0. The summed E-state index contributed by atoms with van der Waals surface area (Å²) in [5.41, 5.74) is -0.327. The van der Waals surface area contributed by atoms with Crippen LogP contribution in [0.1, 0.15) is 92.4 Å². The summed E-state index contributed by atoms with van der Waals surface area (Å²) in [6.07, 6.45) is -15.2. The van der Waals surface area contributed by atoms with E-state index < -0.39 is 123 Å². The van der Waals surface area contributed by atoms with Crippen LogP contribution >= 0.6 is 0 Å². The molecule has 1 unspecified atom stereocenters. The molecule has 372 valence electrons. The van der Waals surface area contributed by atoms with Crippen molar-refractivity contribution < 1.29 is 93.7 Å². The highest BCUT2D eigenvalue weighted by Crippen LogP contribution is 2.72. The van der Waals surface area contributed by atoms with Crippen LogP contribution in [0, 0.1) is 40.4 Å². The van der Waals surface area contributed by atoms with Gasteiger partial charge in [-0.25, -0.2) is 0 Å². The zero-order chi connectivity index (χ0) is 46.7. The Hall–Kier alpha value is -1.02. The van der Waals surface area contributed by atoms with Crippen LogP contribution in [0.3, 0.4) is 0 Å². The van der Waals surface area contributed by atoms with E-state index in [2.05, 4.69) is 33.8 Å². The van der Waals surface area contributed by atoms with E-state index in [4.69, 9.17) is 42.6 Å². The first-order valence-corrected chi connectivity index (χ1v) is 24.0. The van der Waals surface area contributed by atoms with E-state index in [1.165, 1.54) is 12.5 Å². The Kier molecular flexibility index (Phi) is 13.6. The second-order valence-electron chi connectivity index (χ2n) is 21.5. The molecule has 27 atom stereocenters. The van der Waals surface area contributed by atoms with Crippen molar-refractivity contribution in [3.63, 3.8) is 0 Å². The van der Waals surface area contributed by atoms with E-state index in [0.717, 1.165) is 38.5 Å². The Bertz CT molecular complexity index is 1720. The molecule has 5 aliphatic heterocycles. The molecule has 8 fully saturated rings. The number of fused-ring (bicyclic) bond motifs is 7. The molecule has 9 aliphatic rings. The van der Waals surface area contributed by atoms with Crippen molar-refractivity contribution in [2.24, 2.45) is 40.4 Å². The zero-order valence-corrected chi connectivity index (χ0v) is 38.3. The van der Waals surface area contributed by atoms with Gasteiger partial charge in [-0.05, 0) is 81.5 Å². The van der Waals surface area contributed by atoms with Gasteiger partial charge >= 0.3 is 0 Å². The quantitative estimate of drug-likeness (QED) is 0.128. The van der Waals surface area contributed by atoms with Crippen LogP contribution in [0.25, 0.3) is 0 Å². The smallest absolute Gasteiger partial charge is 0.187 e. The fourth-order valence-electron chi connectivity index (χ4n) is 14.3. The number of methoxy groups -OCH3 is 1. The summed E-state index contributed by atoms with van der Waals surface area (Å²) in [7, 11) is 1.66. The van der Waals surface area contributed by atoms with Crippen LogP contribution in [0.2, 0.25) is 0 Å². The summed E-state index contributed by atoms with van der Waals surface area (Å²) < 4.78 is 55.5. The van der Waals surface area contributed by atoms with Crippen LogP contribution < -0.4 is 0 Å². The Labute approximate surface area is 379 Å². The van der Waals surface area contributed by atoms with Gasteiger partial charge in [0.2, 0.25) is 0 Å². The third-order valence-corrected chi connectivity index (χ3v) is 18.3. The fraction of sp³-hybridized carbons (Fsp3) is 0.957. The first-order chi connectivity index (χ1) is 30.8. The molecule has 0 aromatic rings. The molecule has 5 saturated heterocycles. The van der Waals surface area contributed by atoms with Gasteiger partial charge in [-0.3, -0.25) is 0 Å². The molecule has 5 heterocycles. The van der Waals surface area contributed by atoms with Crippen molar-refractivity contribution in [2.75, 3.05) is 20.3 Å². The molecular weight excluding hydrogens is 856 g/mol. The first kappa shape index (κ1) is 49.0. The van der Waals surface area contributed by atoms with Gasteiger partial charge in [0, 0.05) is 30.8 Å². The van der Waals surface area contributed by atoms with Gasteiger partial charge in [-0.2, -0.15) is 0 Å². The highest BCUT2D eigenvalue weighted by molar-refractivity contribution is 5.29. The standard InChI is InChI=1S/C46H74O19/c1-19-9-14-45(65-39(19)57-6)21(3)46(56)29(64-45)16-26-24-8-7-22-15-23(10-12-43(22,4)25(24)11-13-44(26,46)5)59-42-38(63-40-34(53)32(51)30(49)20(2)58-40)36(55)37(28(18-48)61-42)62-41-35(54)33(52)31(50)27(17-47)60-41/h7,19-21,23-42,47-56H,8-18H2,1-6H3/t19-,20+,21-,23+,24-,25+,26+,27-,28-,29?,30+,31-,32-,33+,34-,35-,36+,37-,38-,39-,40+,41+,42-,43+,44+,45+,46-/m1/s1. The summed E-state index contributed by atoms with van der Waals surface area (Å²) in [6.45, 7) is 8.87. The zero-order valence-electron chi connectivity index (χ0n) is 38.3. The van der Waals surface area contributed by atoms with Crippen LogP contribution in [0.5, 0.6) is 0 Å². The predicted molar refractivity (Wildman–Crippen MR) is 222 cm³/mol. The number of ether oxygens (including phenoxy) is 9. The topological polar surface area (TPSA) is 285 Å². The maximum absolute atomic E-state index is 12.9. The second-order valence-corrected chi connectivity index (χ2v) is 21.5. The molecule has 0 aromatic carbocycles. The minimum absolute atomic E-state index is 0.152. The summed E-state index contributed by atoms with van der Waals surface area (Å²) in [5, 5.41) is 109. The molecule has 0 aromatic heterocycles. The Morgan fingerprint density at radius 3 is 2.02 bits per heavy atom. The Balaban J connectivity index is 0.923. The lowest BCUT2D eigenvalue weighted by atomic mass is 9.46. The highest BCUT2D eigenvalue weighted by Gasteiger charge is 2.76. The number of aliphatic hydroxyl groups excluding tert-OH is 9. The Morgan fingerprint density at radius 2 is 1.32 bits per heavy atom. The predicted octanol–water partition coefficient (Wildman–Crippen LogP) is -0.698. The van der Waals surface area contributed by atoms with E-state index in [-0.39, 0.29) is 41.0 Å². The lowest BCUT2D eigenvalue weighted by Crippen LogP contribution is -2.67. The van der Waals surface area contributed by atoms with Crippen molar-refractivity contribution in [2.45, 2.75) is 214 Å². The van der Waals surface area contributed by atoms with Gasteiger partial charge in [0.25, 0.3) is 0 Å². The monoisotopic (exact) mass is 930 g/mol. The molecule has 0 radical (unpaired) electrons. The molecule has 0 bridgehead atoms. The van der Waals surface area contributed by atoms with Gasteiger partial charge in [-0.15, -0.1) is 0 Å². The molecule has 19 heteroatoms. The van der Waals surface area contributed by atoms with Crippen LogP contribution in [-0.4, -0.2) is 193 Å². The van der Waals surface area contributed by atoms with E-state index in [1.807, 2.05) is 0 Å². The SMILES string of the molecule is CO[C@@H]1O[C@]2(CC[C@H]1C)OC1C[C@H]3[C@@H]4CC=C5C[C@@H](O[C@@H]6O[C@H](CO)[C@@H](O[C@@H]7O[C@H](CO)[C@@H](O)[C@H](O)[C@H]7O)[C@H](O)[C@H]6O[C@@H]6O[C@@H](C)[C@H](O)[C@@H](O)[C@H]6O)CC[C@]5(C)[C@H]4CC[C@]3(C)[C@@]1(O)[C@@H]2C. The molecule has 65 heavy (non-hydrogen) atoms. The van der Waals surface area contributed by atoms with Crippen molar-refractivity contribution in [3.8, 4) is 0 Å². The lowest BCUT2D eigenvalue weighted by molar-refractivity contribution is -0.389. The van der Waals surface area contributed by atoms with E-state index in [1.54, 1.807) is 7.11 Å². The van der Waals surface area contributed by atoms with Crippen LogP contribution in [0.4, 0.5) is 0 Å². The number of hydrogen-bond donors (Lipinski definition) is 10. The van der Waals surface area contributed by atoms with Crippen molar-refractivity contribution in [1.82, 2.24) is 0 Å². The van der Waals surface area contributed by atoms with Gasteiger partial charge in [0.05, 0.1) is 31.5 Å². The lowest BCUT2D eigenvalue weighted by Gasteiger charge is -2.60. The molecule has 0 amide bonds. The average molecular weight is 931 g/mol. The summed E-state index contributed by atoms with van der Waals surface area (Å²) >= 11 is 0.